The molecule has 1 N–H and O–H groups in total. The van der Waals surface area contributed by atoms with Gasteiger partial charge in [-0.2, -0.15) is 4.98 Å². The van der Waals surface area contributed by atoms with Gasteiger partial charge in [0, 0.05) is 12.6 Å². The molecule has 0 spiro atoms. The zero-order chi connectivity index (χ0) is 16.5. The van der Waals surface area contributed by atoms with Gasteiger partial charge in [-0.3, -0.25) is 4.79 Å². The van der Waals surface area contributed by atoms with E-state index in [-0.39, 0.29) is 11.4 Å². The van der Waals surface area contributed by atoms with E-state index < -0.39 is 0 Å². The van der Waals surface area contributed by atoms with Crippen molar-refractivity contribution in [3.8, 4) is 5.88 Å². The van der Waals surface area contributed by atoms with Crippen molar-refractivity contribution >= 4 is 27.5 Å². The minimum absolute atomic E-state index is 0.108. The van der Waals surface area contributed by atoms with E-state index in [1.807, 2.05) is 27.7 Å². The maximum absolute atomic E-state index is 12.4. The molecule has 2 rings (SSSR count). The Balaban J connectivity index is 2.54. The summed E-state index contributed by atoms with van der Waals surface area (Å²) in [7, 11) is 3.15. The fourth-order valence-corrected chi connectivity index (χ4v) is 3.19. The summed E-state index contributed by atoms with van der Waals surface area (Å²) in [6.07, 6.45) is 0. The van der Waals surface area contributed by atoms with Crippen LogP contribution in [0.3, 0.4) is 0 Å². The van der Waals surface area contributed by atoms with Crippen molar-refractivity contribution < 1.29 is 14.3 Å². The first-order chi connectivity index (χ1) is 10.3. The normalized spacial score (nSPS) is 11.7. The third kappa shape index (κ3) is 3.36. The number of hydrogen-bond acceptors (Lipinski definition) is 6. The SMILES string of the molecule is COCc1nc(OC)c2c(C)c(C(=O)NC(C)(C)C)sc2n1. The zero-order valence-electron chi connectivity index (χ0n) is 13.7. The Labute approximate surface area is 133 Å². The molecule has 0 fully saturated rings. The highest BCUT2D eigenvalue weighted by molar-refractivity contribution is 7.20. The number of nitrogens with zero attached hydrogens (tertiary/aromatic N) is 2. The molecule has 0 unspecified atom stereocenters. The molecule has 22 heavy (non-hydrogen) atoms. The second kappa shape index (κ2) is 6.18. The van der Waals surface area contributed by atoms with Gasteiger partial charge in [-0.25, -0.2) is 4.98 Å². The van der Waals surface area contributed by atoms with Crippen LogP contribution < -0.4 is 10.1 Å². The van der Waals surface area contributed by atoms with E-state index in [2.05, 4.69) is 15.3 Å². The Kier molecular flexibility index (Phi) is 4.67. The van der Waals surface area contributed by atoms with Crippen LogP contribution in [0.2, 0.25) is 0 Å². The second-order valence-corrected chi connectivity index (χ2v) is 7.02. The standard InChI is InChI=1S/C15H21N3O3S/c1-8-10-13(21-6)16-9(7-20-5)17-14(10)22-11(8)12(19)18-15(2,3)4/h7H2,1-6H3,(H,18,19). The zero-order valence-corrected chi connectivity index (χ0v) is 14.6. The molecule has 0 saturated carbocycles. The van der Waals surface area contributed by atoms with Gasteiger partial charge in [0.05, 0.1) is 17.4 Å². The average Bonchev–Trinajstić information content (AvgIpc) is 2.74. The smallest absolute Gasteiger partial charge is 0.262 e. The van der Waals surface area contributed by atoms with E-state index in [0.29, 0.717) is 23.2 Å². The summed E-state index contributed by atoms with van der Waals surface area (Å²) in [5.41, 5.74) is 0.541. The van der Waals surface area contributed by atoms with Gasteiger partial charge in [0.2, 0.25) is 5.88 Å². The van der Waals surface area contributed by atoms with Crippen LogP contribution in [0.4, 0.5) is 0 Å². The molecule has 0 aromatic carbocycles. The molecule has 0 aliphatic rings. The monoisotopic (exact) mass is 323 g/mol. The fourth-order valence-electron chi connectivity index (χ4n) is 2.10. The Hall–Kier alpha value is -1.73. The second-order valence-electron chi connectivity index (χ2n) is 6.02. The van der Waals surface area contributed by atoms with Crippen molar-refractivity contribution in [3.05, 3.63) is 16.3 Å². The van der Waals surface area contributed by atoms with Crippen molar-refractivity contribution in [1.82, 2.24) is 15.3 Å². The lowest BCUT2D eigenvalue weighted by Crippen LogP contribution is -2.40. The average molecular weight is 323 g/mol. The van der Waals surface area contributed by atoms with E-state index in [1.54, 1.807) is 14.2 Å². The van der Waals surface area contributed by atoms with E-state index >= 15 is 0 Å². The number of ether oxygens (including phenoxy) is 2. The maximum Gasteiger partial charge on any atom is 0.262 e. The first-order valence-electron chi connectivity index (χ1n) is 6.92. The highest BCUT2D eigenvalue weighted by Gasteiger charge is 2.23. The molecular weight excluding hydrogens is 302 g/mol. The van der Waals surface area contributed by atoms with Crippen LogP contribution in [0.15, 0.2) is 0 Å². The number of methoxy groups -OCH3 is 2. The molecule has 0 aliphatic carbocycles. The lowest BCUT2D eigenvalue weighted by atomic mass is 10.1. The van der Waals surface area contributed by atoms with Crippen molar-refractivity contribution in [2.24, 2.45) is 0 Å². The molecule has 0 saturated heterocycles. The molecule has 2 aromatic heterocycles. The Morgan fingerprint density at radius 1 is 1.27 bits per heavy atom. The molecular formula is C15H21N3O3S. The predicted octanol–water partition coefficient (Wildman–Crippen LogP) is 2.68. The molecule has 6 nitrogen and oxygen atoms in total. The van der Waals surface area contributed by atoms with Crippen LogP contribution >= 0.6 is 11.3 Å². The summed E-state index contributed by atoms with van der Waals surface area (Å²) in [5, 5.41) is 3.76. The third-order valence-electron chi connectivity index (χ3n) is 2.96. The quantitative estimate of drug-likeness (QED) is 0.936. The fraction of sp³-hybridized carbons (Fsp3) is 0.533. The van der Waals surface area contributed by atoms with E-state index in [1.165, 1.54) is 11.3 Å². The summed E-state index contributed by atoms with van der Waals surface area (Å²) in [6.45, 7) is 8.03. The van der Waals surface area contributed by atoms with Gasteiger partial charge >= 0.3 is 0 Å². The number of carbonyl (C=O) groups excluding carboxylic acids is 1. The summed E-state index contributed by atoms with van der Waals surface area (Å²) < 4.78 is 10.4. The maximum atomic E-state index is 12.4. The molecule has 120 valence electrons. The first kappa shape index (κ1) is 16.6. The third-order valence-corrected chi connectivity index (χ3v) is 4.15. The lowest BCUT2D eigenvalue weighted by molar-refractivity contribution is 0.0923. The van der Waals surface area contributed by atoms with Gasteiger partial charge in [-0.05, 0) is 33.3 Å². The Bertz CT molecular complexity index is 704. The molecule has 1 amide bonds. The number of rotatable bonds is 4. The molecule has 7 heteroatoms. The van der Waals surface area contributed by atoms with E-state index in [4.69, 9.17) is 9.47 Å². The van der Waals surface area contributed by atoms with Gasteiger partial charge in [0.25, 0.3) is 5.91 Å². The van der Waals surface area contributed by atoms with Crippen molar-refractivity contribution in [3.63, 3.8) is 0 Å². The Morgan fingerprint density at radius 3 is 2.50 bits per heavy atom. The predicted molar refractivity (Wildman–Crippen MR) is 86.6 cm³/mol. The number of fused-ring (bicyclic) bond motifs is 1. The van der Waals surface area contributed by atoms with Crippen molar-refractivity contribution in [1.29, 1.82) is 0 Å². The summed E-state index contributed by atoms with van der Waals surface area (Å²) in [5.74, 6) is 0.903. The Morgan fingerprint density at radius 2 is 1.95 bits per heavy atom. The van der Waals surface area contributed by atoms with Crippen LogP contribution in [0, 0.1) is 6.92 Å². The number of aromatic nitrogens is 2. The summed E-state index contributed by atoms with van der Waals surface area (Å²) in [6, 6.07) is 0. The van der Waals surface area contributed by atoms with E-state index in [9.17, 15) is 4.79 Å². The van der Waals surface area contributed by atoms with Crippen LogP contribution in [-0.2, 0) is 11.3 Å². The molecule has 0 radical (unpaired) electrons. The number of nitrogens with one attached hydrogen (secondary N) is 1. The number of carbonyl (C=O) groups is 1. The van der Waals surface area contributed by atoms with Gasteiger partial charge in [0.15, 0.2) is 5.82 Å². The molecule has 0 atom stereocenters. The first-order valence-corrected chi connectivity index (χ1v) is 7.74. The minimum atomic E-state index is -0.295. The van der Waals surface area contributed by atoms with Crippen LogP contribution in [0.5, 0.6) is 5.88 Å². The number of aryl methyl sites for hydroxylation is 1. The van der Waals surface area contributed by atoms with E-state index in [0.717, 1.165) is 15.8 Å². The lowest BCUT2D eigenvalue weighted by Gasteiger charge is -2.20. The number of thiophene rings is 1. The van der Waals surface area contributed by atoms with Crippen LogP contribution in [0.1, 0.15) is 41.8 Å². The van der Waals surface area contributed by atoms with Gasteiger partial charge in [0.1, 0.15) is 11.4 Å². The van der Waals surface area contributed by atoms with Crippen LogP contribution in [-0.4, -0.2) is 35.6 Å². The van der Waals surface area contributed by atoms with Crippen LogP contribution in [0.25, 0.3) is 10.2 Å². The largest absolute Gasteiger partial charge is 0.480 e. The van der Waals surface area contributed by atoms with Crippen molar-refractivity contribution in [2.45, 2.75) is 39.8 Å². The molecule has 2 aromatic rings. The number of hydrogen-bond donors (Lipinski definition) is 1. The molecule has 0 aliphatic heterocycles. The van der Waals surface area contributed by atoms with Gasteiger partial charge < -0.3 is 14.8 Å². The highest BCUT2D eigenvalue weighted by Crippen LogP contribution is 2.35. The minimum Gasteiger partial charge on any atom is -0.480 e. The topological polar surface area (TPSA) is 73.3 Å². The molecule has 0 bridgehead atoms. The number of amides is 1. The highest BCUT2D eigenvalue weighted by atomic mass is 32.1. The summed E-state index contributed by atoms with van der Waals surface area (Å²) >= 11 is 1.34. The molecule has 2 heterocycles. The van der Waals surface area contributed by atoms with Crippen molar-refractivity contribution in [2.75, 3.05) is 14.2 Å². The summed E-state index contributed by atoms with van der Waals surface area (Å²) in [4.78, 5) is 22.6. The van der Waals surface area contributed by atoms with Gasteiger partial charge in [-0.1, -0.05) is 0 Å². The van der Waals surface area contributed by atoms with Gasteiger partial charge in [-0.15, -0.1) is 11.3 Å².